The second-order valence-electron chi connectivity index (χ2n) is 5.34. The number of amides is 1. The molecule has 2 atom stereocenters. The van der Waals surface area contributed by atoms with Crippen molar-refractivity contribution in [1.82, 2.24) is 4.90 Å². The zero-order valence-electron chi connectivity index (χ0n) is 12.1. The maximum absolute atomic E-state index is 11.9. The van der Waals surface area contributed by atoms with E-state index in [0.717, 1.165) is 6.42 Å². The van der Waals surface area contributed by atoms with Gasteiger partial charge in [0.05, 0.1) is 18.6 Å². The minimum Gasteiger partial charge on any atom is -0.449 e. The SMILES string of the molecule is COCCCOC(=O)N1CCC(C(C)C)C(C#N)C1. The molecule has 0 radical (unpaired) electrons. The van der Waals surface area contributed by atoms with Crippen molar-refractivity contribution in [2.75, 3.05) is 33.4 Å². The van der Waals surface area contributed by atoms with Crippen LogP contribution in [-0.2, 0) is 9.47 Å². The van der Waals surface area contributed by atoms with E-state index in [9.17, 15) is 10.1 Å². The van der Waals surface area contributed by atoms with Crippen molar-refractivity contribution in [2.45, 2.75) is 26.7 Å². The van der Waals surface area contributed by atoms with Gasteiger partial charge in [-0.2, -0.15) is 5.26 Å². The average molecular weight is 268 g/mol. The van der Waals surface area contributed by atoms with Gasteiger partial charge in [-0.25, -0.2) is 4.79 Å². The van der Waals surface area contributed by atoms with Crippen molar-refractivity contribution in [2.24, 2.45) is 17.8 Å². The number of likely N-dealkylation sites (tertiary alicyclic amines) is 1. The van der Waals surface area contributed by atoms with E-state index in [2.05, 4.69) is 19.9 Å². The highest BCUT2D eigenvalue weighted by Gasteiger charge is 2.33. The van der Waals surface area contributed by atoms with E-state index in [-0.39, 0.29) is 12.0 Å². The third-order valence-corrected chi connectivity index (χ3v) is 3.66. The Bertz CT molecular complexity index is 325. The van der Waals surface area contributed by atoms with Crippen LogP contribution < -0.4 is 0 Å². The Morgan fingerprint density at radius 3 is 2.79 bits per heavy atom. The van der Waals surface area contributed by atoms with Gasteiger partial charge in [-0.15, -0.1) is 0 Å². The fourth-order valence-corrected chi connectivity index (χ4v) is 2.52. The highest BCUT2D eigenvalue weighted by Crippen LogP contribution is 2.29. The first-order valence-corrected chi connectivity index (χ1v) is 6.90. The van der Waals surface area contributed by atoms with E-state index in [1.165, 1.54) is 0 Å². The summed E-state index contributed by atoms with van der Waals surface area (Å²) in [6.45, 7) is 6.39. The Morgan fingerprint density at radius 1 is 1.47 bits per heavy atom. The maximum Gasteiger partial charge on any atom is 0.409 e. The monoisotopic (exact) mass is 268 g/mol. The fraction of sp³-hybridized carbons (Fsp3) is 0.857. The van der Waals surface area contributed by atoms with Crippen molar-refractivity contribution >= 4 is 6.09 Å². The number of hydrogen-bond donors (Lipinski definition) is 0. The molecule has 1 rings (SSSR count). The molecule has 1 heterocycles. The Labute approximate surface area is 115 Å². The third kappa shape index (κ3) is 4.71. The Morgan fingerprint density at radius 2 is 2.21 bits per heavy atom. The van der Waals surface area contributed by atoms with Crippen LogP contribution in [-0.4, -0.2) is 44.4 Å². The lowest BCUT2D eigenvalue weighted by molar-refractivity contribution is 0.0643. The normalized spacial score (nSPS) is 23.2. The molecule has 19 heavy (non-hydrogen) atoms. The number of carbonyl (C=O) groups excluding carboxylic acids is 1. The van der Waals surface area contributed by atoms with Crippen molar-refractivity contribution in [3.8, 4) is 6.07 Å². The topological polar surface area (TPSA) is 62.6 Å². The van der Waals surface area contributed by atoms with Crippen LogP contribution in [0.25, 0.3) is 0 Å². The van der Waals surface area contributed by atoms with Gasteiger partial charge in [0.25, 0.3) is 0 Å². The highest BCUT2D eigenvalue weighted by atomic mass is 16.6. The van der Waals surface area contributed by atoms with E-state index in [4.69, 9.17) is 9.47 Å². The van der Waals surface area contributed by atoms with Crippen LogP contribution in [0.4, 0.5) is 4.79 Å². The molecule has 1 saturated heterocycles. The van der Waals surface area contributed by atoms with Gasteiger partial charge in [0, 0.05) is 33.2 Å². The highest BCUT2D eigenvalue weighted by molar-refractivity contribution is 5.67. The summed E-state index contributed by atoms with van der Waals surface area (Å²) in [7, 11) is 1.62. The summed E-state index contributed by atoms with van der Waals surface area (Å²) in [5.74, 6) is 0.771. The molecule has 2 unspecified atom stereocenters. The molecular formula is C14H24N2O3. The molecule has 0 aliphatic carbocycles. The summed E-state index contributed by atoms with van der Waals surface area (Å²) in [5.41, 5.74) is 0. The van der Waals surface area contributed by atoms with Gasteiger partial charge >= 0.3 is 6.09 Å². The maximum atomic E-state index is 11.9. The zero-order valence-corrected chi connectivity index (χ0v) is 12.1. The minimum absolute atomic E-state index is 0.0831. The molecule has 0 aromatic carbocycles. The standard InChI is InChI=1S/C14H24N2O3/c1-11(2)13-5-6-16(10-12(13)9-15)14(17)19-8-4-7-18-3/h11-13H,4-8,10H2,1-3H3. The number of piperidine rings is 1. The van der Waals surface area contributed by atoms with E-state index in [1.54, 1.807) is 12.0 Å². The third-order valence-electron chi connectivity index (χ3n) is 3.66. The van der Waals surface area contributed by atoms with Crippen molar-refractivity contribution in [3.63, 3.8) is 0 Å². The summed E-state index contributed by atoms with van der Waals surface area (Å²) in [4.78, 5) is 13.5. The molecule has 1 aliphatic rings. The molecule has 0 aromatic heterocycles. The molecule has 0 N–H and O–H groups in total. The second kappa shape index (κ2) is 8.00. The van der Waals surface area contributed by atoms with E-state index in [0.29, 0.717) is 44.6 Å². The first-order valence-electron chi connectivity index (χ1n) is 6.90. The Hall–Kier alpha value is -1.28. The Kier molecular flexibility index (Phi) is 6.65. The smallest absolute Gasteiger partial charge is 0.409 e. The van der Waals surface area contributed by atoms with Crippen molar-refractivity contribution < 1.29 is 14.3 Å². The summed E-state index contributed by atoms with van der Waals surface area (Å²) >= 11 is 0. The van der Waals surface area contributed by atoms with Gasteiger partial charge in [0.1, 0.15) is 0 Å². The summed E-state index contributed by atoms with van der Waals surface area (Å²) in [5, 5.41) is 9.21. The molecule has 0 bridgehead atoms. The van der Waals surface area contributed by atoms with Crippen molar-refractivity contribution in [3.05, 3.63) is 0 Å². The second-order valence-corrected chi connectivity index (χ2v) is 5.34. The minimum atomic E-state index is -0.307. The van der Waals surface area contributed by atoms with E-state index >= 15 is 0 Å². The van der Waals surface area contributed by atoms with Gasteiger partial charge in [0.15, 0.2) is 0 Å². The number of rotatable bonds is 5. The van der Waals surface area contributed by atoms with Crippen LogP contribution in [0.3, 0.4) is 0 Å². The van der Waals surface area contributed by atoms with Crippen LogP contribution in [0.2, 0.25) is 0 Å². The average Bonchev–Trinajstić information content (AvgIpc) is 2.42. The first kappa shape index (κ1) is 15.8. The number of nitriles is 1. The first-order chi connectivity index (χ1) is 9.10. The fourth-order valence-electron chi connectivity index (χ4n) is 2.52. The van der Waals surface area contributed by atoms with Crippen LogP contribution in [0.15, 0.2) is 0 Å². The van der Waals surface area contributed by atoms with Gasteiger partial charge < -0.3 is 14.4 Å². The van der Waals surface area contributed by atoms with Gasteiger partial charge in [-0.3, -0.25) is 0 Å². The van der Waals surface area contributed by atoms with Crippen LogP contribution in [0.5, 0.6) is 0 Å². The molecule has 1 aliphatic heterocycles. The largest absolute Gasteiger partial charge is 0.449 e. The molecular weight excluding hydrogens is 244 g/mol. The van der Waals surface area contributed by atoms with E-state index < -0.39 is 0 Å². The number of methoxy groups -OCH3 is 1. The molecule has 0 aromatic rings. The molecule has 0 spiro atoms. The molecule has 0 saturated carbocycles. The molecule has 1 amide bonds. The predicted octanol–water partition coefficient (Wildman–Crippen LogP) is 2.28. The lowest BCUT2D eigenvalue weighted by Gasteiger charge is -2.36. The van der Waals surface area contributed by atoms with Crippen LogP contribution in [0.1, 0.15) is 26.7 Å². The summed E-state index contributed by atoms with van der Waals surface area (Å²) in [6.07, 6.45) is 1.27. The summed E-state index contributed by atoms with van der Waals surface area (Å²) in [6, 6.07) is 2.33. The van der Waals surface area contributed by atoms with Gasteiger partial charge in [-0.1, -0.05) is 13.8 Å². The number of nitrogens with zero attached hydrogens (tertiary/aromatic N) is 2. The van der Waals surface area contributed by atoms with Gasteiger partial charge in [-0.05, 0) is 18.3 Å². The molecule has 1 fully saturated rings. The quantitative estimate of drug-likeness (QED) is 0.718. The molecule has 5 nitrogen and oxygen atoms in total. The molecule has 108 valence electrons. The Balaban J connectivity index is 2.40. The van der Waals surface area contributed by atoms with Gasteiger partial charge in [0.2, 0.25) is 0 Å². The zero-order chi connectivity index (χ0) is 14.3. The van der Waals surface area contributed by atoms with Crippen LogP contribution in [0, 0.1) is 29.1 Å². The number of carbonyl (C=O) groups is 1. The number of ether oxygens (including phenoxy) is 2. The predicted molar refractivity (Wildman–Crippen MR) is 71.5 cm³/mol. The van der Waals surface area contributed by atoms with E-state index in [1.807, 2.05) is 0 Å². The summed E-state index contributed by atoms with van der Waals surface area (Å²) < 4.78 is 10.1. The van der Waals surface area contributed by atoms with Crippen molar-refractivity contribution in [1.29, 1.82) is 5.26 Å². The number of hydrogen-bond acceptors (Lipinski definition) is 4. The lowest BCUT2D eigenvalue weighted by Crippen LogP contribution is -2.45. The lowest BCUT2D eigenvalue weighted by atomic mass is 9.79. The van der Waals surface area contributed by atoms with Crippen LogP contribution >= 0.6 is 0 Å². The molecule has 5 heteroatoms.